The second-order valence-corrected chi connectivity index (χ2v) is 6.91. The van der Waals surface area contributed by atoms with Gasteiger partial charge in [0.2, 0.25) is 5.91 Å². The maximum atomic E-state index is 12.4. The van der Waals surface area contributed by atoms with Gasteiger partial charge in [0.25, 0.3) is 11.6 Å². The first-order valence-corrected chi connectivity index (χ1v) is 9.58. The Balaban J connectivity index is 1.35. The number of ether oxygens (including phenoxy) is 1. The van der Waals surface area contributed by atoms with Crippen molar-refractivity contribution in [1.29, 1.82) is 0 Å². The molecule has 1 aromatic heterocycles. The summed E-state index contributed by atoms with van der Waals surface area (Å²) >= 11 is 0. The average Bonchev–Trinajstić information content (AvgIpc) is 3.25. The molecule has 0 aliphatic carbocycles. The molecule has 0 atom stereocenters. The highest BCUT2D eigenvalue weighted by molar-refractivity contribution is 6.02. The van der Waals surface area contributed by atoms with Gasteiger partial charge in [0.05, 0.1) is 22.5 Å². The number of para-hydroxylation sites is 1. The van der Waals surface area contributed by atoms with Crippen molar-refractivity contribution in [3.8, 4) is 11.4 Å². The Morgan fingerprint density at radius 1 is 1.23 bits per heavy atom. The zero-order chi connectivity index (χ0) is 21.8. The molecule has 0 unspecified atom stereocenters. The van der Waals surface area contributed by atoms with Crippen LogP contribution in [0.4, 0.5) is 11.4 Å². The molecule has 3 aromatic rings. The number of anilines is 1. The summed E-state index contributed by atoms with van der Waals surface area (Å²) in [5.74, 6) is -0.484. The van der Waals surface area contributed by atoms with Crippen LogP contribution in [0.2, 0.25) is 0 Å². The van der Waals surface area contributed by atoms with E-state index in [1.165, 1.54) is 23.1 Å². The highest BCUT2D eigenvalue weighted by Gasteiger charge is 2.29. The molecule has 0 radical (unpaired) electrons. The molecule has 0 saturated heterocycles. The van der Waals surface area contributed by atoms with E-state index in [2.05, 4.69) is 10.4 Å². The molecular weight excluding hydrogens is 402 g/mol. The van der Waals surface area contributed by atoms with Crippen LogP contribution in [0.25, 0.3) is 5.69 Å². The fourth-order valence-corrected chi connectivity index (χ4v) is 3.23. The van der Waals surface area contributed by atoms with Crippen molar-refractivity contribution in [3.05, 3.63) is 76.6 Å². The molecule has 1 N–H and O–H groups in total. The number of carbonyl (C=O) groups is 2. The lowest BCUT2D eigenvalue weighted by molar-refractivity contribution is -0.384. The third-order valence-corrected chi connectivity index (χ3v) is 4.79. The number of nitro groups is 1. The number of nitro benzene ring substituents is 1. The van der Waals surface area contributed by atoms with Crippen molar-refractivity contribution in [2.75, 3.05) is 24.6 Å². The van der Waals surface area contributed by atoms with E-state index in [9.17, 15) is 19.7 Å². The molecule has 158 valence electrons. The van der Waals surface area contributed by atoms with Gasteiger partial charge in [0.1, 0.15) is 12.3 Å². The van der Waals surface area contributed by atoms with E-state index in [1.54, 1.807) is 10.9 Å². The summed E-state index contributed by atoms with van der Waals surface area (Å²) in [7, 11) is 0. The summed E-state index contributed by atoms with van der Waals surface area (Å²) in [5.41, 5.74) is 1.92. The highest BCUT2D eigenvalue weighted by Crippen LogP contribution is 2.35. The van der Waals surface area contributed by atoms with Crippen LogP contribution >= 0.6 is 0 Å². The summed E-state index contributed by atoms with van der Waals surface area (Å²) < 4.78 is 7.06. The van der Waals surface area contributed by atoms with Gasteiger partial charge in [0.15, 0.2) is 6.61 Å². The van der Waals surface area contributed by atoms with Crippen molar-refractivity contribution < 1.29 is 19.2 Å². The highest BCUT2D eigenvalue weighted by atomic mass is 16.6. The van der Waals surface area contributed by atoms with Gasteiger partial charge in [-0.1, -0.05) is 18.2 Å². The third-order valence-electron chi connectivity index (χ3n) is 4.79. The van der Waals surface area contributed by atoms with Gasteiger partial charge < -0.3 is 10.1 Å². The Morgan fingerprint density at radius 2 is 2.03 bits per heavy atom. The number of amides is 2. The van der Waals surface area contributed by atoms with Gasteiger partial charge in [-0.05, 0) is 30.2 Å². The van der Waals surface area contributed by atoms with E-state index >= 15 is 0 Å². The van der Waals surface area contributed by atoms with Crippen LogP contribution in [-0.2, 0) is 16.0 Å². The Hall–Kier alpha value is -4.21. The lowest BCUT2D eigenvalue weighted by Gasteiger charge is -2.28. The number of hydrogen-bond acceptors (Lipinski definition) is 6. The summed E-state index contributed by atoms with van der Waals surface area (Å²) in [6.45, 7) is -0.115. The number of non-ortho nitro benzene ring substituents is 1. The second-order valence-electron chi connectivity index (χ2n) is 6.91. The third kappa shape index (κ3) is 4.53. The molecule has 10 heteroatoms. The molecule has 0 bridgehead atoms. The Labute approximate surface area is 177 Å². The van der Waals surface area contributed by atoms with Crippen LogP contribution in [0.15, 0.2) is 60.9 Å². The average molecular weight is 421 g/mol. The molecule has 0 saturated carbocycles. The smallest absolute Gasteiger partial charge is 0.271 e. The maximum Gasteiger partial charge on any atom is 0.271 e. The fraction of sp³-hybridized carbons (Fsp3) is 0.190. The van der Waals surface area contributed by atoms with E-state index < -0.39 is 10.8 Å². The van der Waals surface area contributed by atoms with Crippen molar-refractivity contribution in [2.24, 2.45) is 0 Å². The molecule has 0 fully saturated rings. The minimum absolute atomic E-state index is 0.183. The number of nitrogens with zero attached hydrogens (tertiary/aromatic N) is 4. The fourth-order valence-electron chi connectivity index (χ4n) is 3.23. The monoisotopic (exact) mass is 421 g/mol. The summed E-state index contributed by atoms with van der Waals surface area (Å²) in [6, 6.07) is 13.6. The lowest BCUT2D eigenvalue weighted by Crippen LogP contribution is -2.45. The number of carbonyl (C=O) groups excluding carboxylic acids is 2. The van der Waals surface area contributed by atoms with Crippen LogP contribution in [0.5, 0.6) is 5.75 Å². The van der Waals surface area contributed by atoms with Crippen LogP contribution in [0.1, 0.15) is 5.56 Å². The van der Waals surface area contributed by atoms with Gasteiger partial charge >= 0.3 is 0 Å². The largest absolute Gasteiger partial charge is 0.482 e. The van der Waals surface area contributed by atoms with Crippen molar-refractivity contribution in [2.45, 2.75) is 6.42 Å². The van der Waals surface area contributed by atoms with E-state index in [4.69, 9.17) is 4.74 Å². The van der Waals surface area contributed by atoms with E-state index in [1.807, 2.05) is 36.5 Å². The van der Waals surface area contributed by atoms with Crippen molar-refractivity contribution in [3.63, 3.8) is 0 Å². The van der Waals surface area contributed by atoms with Gasteiger partial charge in [-0.25, -0.2) is 4.68 Å². The number of fused-ring (bicyclic) bond motifs is 1. The minimum Gasteiger partial charge on any atom is -0.482 e. The molecule has 2 amide bonds. The van der Waals surface area contributed by atoms with Crippen LogP contribution < -0.4 is 15.0 Å². The topological polar surface area (TPSA) is 120 Å². The predicted octanol–water partition coefficient (Wildman–Crippen LogP) is 1.86. The normalized spacial score (nSPS) is 12.8. The number of nitrogens with one attached hydrogen (secondary N) is 1. The van der Waals surface area contributed by atoms with E-state index in [-0.39, 0.29) is 30.4 Å². The Kier molecular flexibility index (Phi) is 5.61. The molecule has 2 aromatic carbocycles. The minimum atomic E-state index is -0.562. The van der Waals surface area contributed by atoms with Crippen molar-refractivity contribution >= 4 is 23.2 Å². The molecular formula is C21H19N5O5. The molecule has 0 spiro atoms. The first-order valence-electron chi connectivity index (χ1n) is 9.58. The van der Waals surface area contributed by atoms with E-state index in [0.717, 1.165) is 11.3 Å². The zero-order valence-corrected chi connectivity index (χ0v) is 16.4. The molecule has 1 aliphatic heterocycles. The molecule has 1 aliphatic rings. The first kappa shape index (κ1) is 20.1. The number of hydrogen-bond donors (Lipinski definition) is 1. The quantitative estimate of drug-likeness (QED) is 0.459. The number of aromatic nitrogens is 2. The van der Waals surface area contributed by atoms with Gasteiger partial charge in [-0.2, -0.15) is 5.10 Å². The Bertz CT molecular complexity index is 1130. The number of rotatable bonds is 7. The van der Waals surface area contributed by atoms with Crippen LogP contribution in [0, 0.1) is 10.1 Å². The molecule has 31 heavy (non-hydrogen) atoms. The van der Waals surface area contributed by atoms with Crippen LogP contribution in [-0.4, -0.2) is 46.2 Å². The number of benzene rings is 2. The van der Waals surface area contributed by atoms with E-state index in [0.29, 0.717) is 18.7 Å². The molecule has 10 nitrogen and oxygen atoms in total. The van der Waals surface area contributed by atoms with Gasteiger partial charge in [0, 0.05) is 24.9 Å². The van der Waals surface area contributed by atoms with Crippen LogP contribution in [0.3, 0.4) is 0 Å². The SMILES string of the molecule is O=C(CN1C(=O)COc2ccc([N+](=O)[O-])cc21)NCCc1cnn(-c2ccccc2)c1. The van der Waals surface area contributed by atoms with Gasteiger partial charge in [-0.15, -0.1) is 0 Å². The van der Waals surface area contributed by atoms with Crippen molar-refractivity contribution in [1.82, 2.24) is 15.1 Å². The second kappa shape index (κ2) is 8.66. The molecule has 4 rings (SSSR count). The zero-order valence-electron chi connectivity index (χ0n) is 16.4. The predicted molar refractivity (Wildman–Crippen MR) is 111 cm³/mol. The summed E-state index contributed by atoms with van der Waals surface area (Å²) in [5, 5.41) is 18.1. The maximum absolute atomic E-state index is 12.4. The molecule has 2 heterocycles. The Morgan fingerprint density at radius 3 is 2.81 bits per heavy atom. The summed E-state index contributed by atoms with van der Waals surface area (Å²) in [6.07, 6.45) is 4.19. The first-order chi connectivity index (χ1) is 15.0. The standard InChI is InChI=1S/C21H19N5O5/c27-20(22-9-8-15-11-23-25(12-15)16-4-2-1-3-5-16)13-24-18-10-17(26(29)30)6-7-19(18)31-14-21(24)28/h1-7,10-12H,8-9,13-14H2,(H,22,27). The lowest BCUT2D eigenvalue weighted by atomic mass is 10.2. The summed E-state index contributed by atoms with van der Waals surface area (Å²) in [4.78, 5) is 36.3. The van der Waals surface area contributed by atoms with Gasteiger partial charge in [-0.3, -0.25) is 24.6 Å².